The smallest absolute Gasteiger partial charge is 0.221 e. The van der Waals surface area contributed by atoms with E-state index < -0.39 is 6.04 Å². The van der Waals surface area contributed by atoms with Gasteiger partial charge in [0.15, 0.2) is 0 Å². The lowest BCUT2D eigenvalue weighted by molar-refractivity contribution is -0.121. The van der Waals surface area contributed by atoms with Gasteiger partial charge in [-0.15, -0.1) is 6.42 Å². The van der Waals surface area contributed by atoms with Gasteiger partial charge in [-0.1, -0.05) is 29.2 Å². The molecule has 0 fully saturated rings. The largest absolute Gasteiger partial charge is 0.361 e. The molecule has 0 aliphatic carbocycles. The van der Waals surface area contributed by atoms with Crippen molar-refractivity contribution in [3.8, 4) is 12.3 Å². The first-order chi connectivity index (χ1) is 10.2. The van der Waals surface area contributed by atoms with E-state index in [2.05, 4.69) is 26.2 Å². The average molecular weight is 281 g/mol. The first kappa shape index (κ1) is 14.5. The van der Waals surface area contributed by atoms with Gasteiger partial charge >= 0.3 is 0 Å². The number of amides is 1. The van der Waals surface area contributed by atoms with Crippen molar-refractivity contribution in [2.45, 2.75) is 18.9 Å². The van der Waals surface area contributed by atoms with Crippen molar-refractivity contribution in [1.29, 1.82) is 0 Å². The normalized spacial score (nSPS) is 11.4. The van der Waals surface area contributed by atoms with E-state index in [1.807, 2.05) is 30.5 Å². The molecule has 1 heterocycles. The van der Waals surface area contributed by atoms with E-state index in [0.29, 0.717) is 6.42 Å². The van der Waals surface area contributed by atoms with Crippen molar-refractivity contribution in [3.63, 3.8) is 0 Å². The third-order valence-corrected chi connectivity index (χ3v) is 3.15. The van der Waals surface area contributed by atoms with E-state index in [4.69, 9.17) is 12.0 Å². The average Bonchev–Trinajstić information content (AvgIpc) is 2.89. The Bertz CT molecular complexity index is 721. The number of azide groups is 1. The molecule has 0 aliphatic heterocycles. The molecule has 21 heavy (non-hydrogen) atoms. The van der Waals surface area contributed by atoms with Crippen LogP contribution in [-0.2, 0) is 11.2 Å². The molecule has 6 nitrogen and oxygen atoms in total. The first-order valence-corrected chi connectivity index (χ1v) is 6.54. The number of hydrogen-bond acceptors (Lipinski definition) is 2. The Morgan fingerprint density at radius 2 is 2.33 bits per heavy atom. The monoisotopic (exact) mass is 281 g/mol. The lowest BCUT2D eigenvalue weighted by Crippen LogP contribution is -2.27. The van der Waals surface area contributed by atoms with E-state index in [0.717, 1.165) is 16.5 Å². The third-order valence-electron chi connectivity index (χ3n) is 3.15. The molecule has 1 aromatic carbocycles. The lowest BCUT2D eigenvalue weighted by atomic mass is 10.0. The van der Waals surface area contributed by atoms with Gasteiger partial charge in [0.2, 0.25) is 5.91 Å². The fourth-order valence-electron chi connectivity index (χ4n) is 2.22. The maximum Gasteiger partial charge on any atom is 0.221 e. The van der Waals surface area contributed by atoms with Crippen LogP contribution in [0, 0.1) is 12.3 Å². The van der Waals surface area contributed by atoms with Crippen molar-refractivity contribution in [1.82, 2.24) is 10.3 Å². The number of nitrogens with zero attached hydrogens (tertiary/aromatic N) is 3. The minimum Gasteiger partial charge on any atom is -0.361 e. The Morgan fingerprint density at radius 1 is 1.52 bits per heavy atom. The number of aromatic amines is 1. The van der Waals surface area contributed by atoms with Crippen LogP contribution in [0.25, 0.3) is 21.3 Å². The Hall–Kier alpha value is -2.90. The molecular weight excluding hydrogens is 266 g/mol. The van der Waals surface area contributed by atoms with Gasteiger partial charge in [0, 0.05) is 28.4 Å². The predicted octanol–water partition coefficient (Wildman–Crippen LogP) is 2.53. The number of aromatic nitrogens is 1. The topological polar surface area (TPSA) is 93.6 Å². The van der Waals surface area contributed by atoms with Gasteiger partial charge in [-0.05, 0) is 23.6 Å². The van der Waals surface area contributed by atoms with Crippen LogP contribution in [0.3, 0.4) is 0 Å². The molecule has 0 radical (unpaired) electrons. The molecular formula is C15H15N5O. The van der Waals surface area contributed by atoms with Crippen LogP contribution in [0.5, 0.6) is 0 Å². The van der Waals surface area contributed by atoms with Crippen molar-refractivity contribution in [2.75, 3.05) is 6.54 Å². The van der Waals surface area contributed by atoms with Gasteiger partial charge in [0.05, 0.1) is 12.6 Å². The molecule has 6 heteroatoms. The number of terminal acetylenes is 1. The van der Waals surface area contributed by atoms with Gasteiger partial charge in [-0.3, -0.25) is 4.79 Å². The van der Waals surface area contributed by atoms with E-state index in [1.165, 1.54) is 0 Å². The molecule has 0 saturated carbocycles. The Labute approximate surface area is 122 Å². The number of H-pyrrole nitrogens is 1. The molecule has 1 aromatic heterocycles. The Morgan fingerprint density at radius 3 is 3.10 bits per heavy atom. The molecule has 1 amide bonds. The Kier molecular flexibility index (Phi) is 4.86. The fraction of sp³-hybridized carbons (Fsp3) is 0.267. The molecule has 2 N–H and O–H groups in total. The predicted molar refractivity (Wildman–Crippen MR) is 81.4 cm³/mol. The van der Waals surface area contributed by atoms with Crippen LogP contribution in [0.1, 0.15) is 12.0 Å². The standard InChI is InChI=1S/C15H15N5O/c1-2-7-17-15(21)9-12(19-20-16)8-11-10-18-14-6-4-3-5-13(11)14/h1,3-6,10,12,18H,7-9H2,(H,17,21)/t12-/m1/s1. The Balaban J connectivity index is 2.11. The van der Waals surface area contributed by atoms with Crippen molar-refractivity contribution >= 4 is 16.8 Å². The number of para-hydroxylation sites is 1. The highest BCUT2D eigenvalue weighted by Crippen LogP contribution is 2.20. The summed E-state index contributed by atoms with van der Waals surface area (Å²) in [5, 5.41) is 7.35. The quantitative estimate of drug-likeness (QED) is 0.362. The minimum atomic E-state index is -0.438. The van der Waals surface area contributed by atoms with Crippen molar-refractivity contribution < 1.29 is 4.79 Å². The highest BCUT2D eigenvalue weighted by Gasteiger charge is 2.15. The van der Waals surface area contributed by atoms with Crippen LogP contribution in [0.2, 0.25) is 0 Å². The summed E-state index contributed by atoms with van der Waals surface area (Å²) in [7, 11) is 0. The van der Waals surface area contributed by atoms with E-state index in [1.54, 1.807) is 0 Å². The highest BCUT2D eigenvalue weighted by molar-refractivity contribution is 5.83. The second-order valence-corrected chi connectivity index (χ2v) is 4.61. The molecule has 0 aliphatic rings. The molecule has 2 aromatic rings. The van der Waals surface area contributed by atoms with Crippen molar-refractivity contribution in [3.05, 3.63) is 46.5 Å². The van der Waals surface area contributed by atoms with Crippen LogP contribution in [-0.4, -0.2) is 23.5 Å². The summed E-state index contributed by atoms with van der Waals surface area (Å²) < 4.78 is 0. The number of hydrogen-bond donors (Lipinski definition) is 2. The molecule has 1 atom stereocenters. The lowest BCUT2D eigenvalue weighted by Gasteiger charge is -2.10. The summed E-state index contributed by atoms with van der Waals surface area (Å²) in [6.07, 6.45) is 7.58. The fourth-order valence-corrected chi connectivity index (χ4v) is 2.22. The molecule has 0 saturated heterocycles. The van der Waals surface area contributed by atoms with Crippen LogP contribution in [0.4, 0.5) is 0 Å². The summed E-state index contributed by atoms with van der Waals surface area (Å²) in [5.41, 5.74) is 10.7. The second-order valence-electron chi connectivity index (χ2n) is 4.61. The van der Waals surface area contributed by atoms with Gasteiger partial charge < -0.3 is 10.3 Å². The number of rotatable bonds is 6. The van der Waals surface area contributed by atoms with Crippen LogP contribution >= 0.6 is 0 Å². The second kappa shape index (κ2) is 7.04. The minimum absolute atomic E-state index is 0.116. The molecule has 0 bridgehead atoms. The maximum atomic E-state index is 11.7. The number of benzene rings is 1. The first-order valence-electron chi connectivity index (χ1n) is 6.54. The van der Waals surface area contributed by atoms with Crippen LogP contribution < -0.4 is 5.32 Å². The third kappa shape index (κ3) is 3.78. The van der Waals surface area contributed by atoms with Gasteiger partial charge in [-0.25, -0.2) is 0 Å². The summed E-state index contributed by atoms with van der Waals surface area (Å²) in [5.74, 6) is 2.12. The number of carbonyl (C=O) groups is 1. The van der Waals surface area contributed by atoms with E-state index >= 15 is 0 Å². The number of carbonyl (C=O) groups excluding carboxylic acids is 1. The van der Waals surface area contributed by atoms with Gasteiger partial charge in [-0.2, -0.15) is 0 Å². The molecule has 2 rings (SSSR count). The SMILES string of the molecule is C#CCNC(=O)C[C@@H](Cc1c[nH]c2ccccc12)N=[N+]=[N-]. The van der Waals surface area contributed by atoms with Crippen LogP contribution in [0.15, 0.2) is 35.6 Å². The van der Waals surface area contributed by atoms with E-state index in [-0.39, 0.29) is 18.9 Å². The zero-order valence-corrected chi connectivity index (χ0v) is 11.4. The van der Waals surface area contributed by atoms with Gasteiger partial charge in [0.25, 0.3) is 0 Å². The molecule has 0 unspecified atom stereocenters. The maximum absolute atomic E-state index is 11.7. The summed E-state index contributed by atoms with van der Waals surface area (Å²) in [6.45, 7) is 0.176. The highest BCUT2D eigenvalue weighted by atomic mass is 16.1. The van der Waals surface area contributed by atoms with Gasteiger partial charge in [0.1, 0.15) is 0 Å². The zero-order valence-electron chi connectivity index (χ0n) is 11.4. The molecule has 0 spiro atoms. The summed E-state index contributed by atoms with van der Waals surface area (Å²) in [4.78, 5) is 17.7. The zero-order chi connectivity index (χ0) is 15.1. The number of fused-ring (bicyclic) bond motifs is 1. The number of nitrogens with one attached hydrogen (secondary N) is 2. The summed E-state index contributed by atoms with van der Waals surface area (Å²) in [6, 6.07) is 7.42. The molecule has 106 valence electrons. The van der Waals surface area contributed by atoms with E-state index in [9.17, 15) is 4.79 Å². The van der Waals surface area contributed by atoms with Crippen molar-refractivity contribution in [2.24, 2.45) is 5.11 Å². The summed E-state index contributed by atoms with van der Waals surface area (Å²) >= 11 is 0.